The molecule has 0 radical (unpaired) electrons. The lowest BCUT2D eigenvalue weighted by Crippen LogP contribution is -2.45. The number of carbonyl (C=O) groups excluding carboxylic acids is 1. The predicted molar refractivity (Wildman–Crippen MR) is 290 cm³/mol. The lowest BCUT2D eigenvalue weighted by atomic mass is 10.0. The summed E-state index contributed by atoms with van der Waals surface area (Å²) >= 11 is 0. The molecule has 2 unspecified atom stereocenters. The first kappa shape index (κ1) is 63.6. The van der Waals surface area contributed by atoms with E-state index in [0.717, 1.165) is 38.5 Å². The summed E-state index contributed by atoms with van der Waals surface area (Å²) in [5.74, 6) is -0.0712. The molecule has 0 heterocycles. The number of aliphatic hydroxyl groups is 2. The van der Waals surface area contributed by atoms with Gasteiger partial charge in [0.05, 0.1) is 18.8 Å². The number of carbonyl (C=O) groups is 1. The molecule has 0 rings (SSSR count). The van der Waals surface area contributed by atoms with Crippen LogP contribution in [0.3, 0.4) is 0 Å². The van der Waals surface area contributed by atoms with Crippen molar-refractivity contribution in [1.82, 2.24) is 5.32 Å². The first-order chi connectivity index (χ1) is 32.2. The summed E-state index contributed by atoms with van der Waals surface area (Å²) in [4.78, 5) is 12.5. The fourth-order valence-electron chi connectivity index (χ4n) is 9.33. The maximum absolute atomic E-state index is 12.5. The van der Waals surface area contributed by atoms with E-state index in [0.29, 0.717) is 6.42 Å². The molecule has 384 valence electrons. The van der Waals surface area contributed by atoms with E-state index >= 15 is 0 Å². The van der Waals surface area contributed by atoms with Crippen LogP contribution in [0, 0.1) is 0 Å². The summed E-state index contributed by atoms with van der Waals surface area (Å²) in [7, 11) is 0. The predicted octanol–water partition coefficient (Wildman–Crippen LogP) is 19.6. The van der Waals surface area contributed by atoms with Crippen LogP contribution in [0.15, 0.2) is 36.5 Å². The Labute approximate surface area is 408 Å². The molecule has 0 aromatic carbocycles. The summed E-state index contributed by atoms with van der Waals surface area (Å²) in [5.41, 5.74) is 0. The molecule has 4 heteroatoms. The largest absolute Gasteiger partial charge is 0.394 e. The minimum atomic E-state index is -0.869. The third-order valence-corrected chi connectivity index (χ3v) is 13.9. The molecule has 0 aliphatic rings. The Bertz CT molecular complexity index is 989. The van der Waals surface area contributed by atoms with Gasteiger partial charge in [-0.05, 0) is 44.9 Å². The van der Waals surface area contributed by atoms with E-state index in [1.807, 2.05) is 6.08 Å². The van der Waals surface area contributed by atoms with Gasteiger partial charge < -0.3 is 15.5 Å². The monoisotopic (exact) mass is 912 g/mol. The minimum absolute atomic E-state index is 0.0712. The van der Waals surface area contributed by atoms with Crippen molar-refractivity contribution in [3.63, 3.8) is 0 Å². The molecule has 0 saturated heterocycles. The molecule has 0 spiro atoms. The minimum Gasteiger partial charge on any atom is -0.394 e. The molecule has 0 bridgehead atoms. The molecule has 0 aliphatic heterocycles. The lowest BCUT2D eigenvalue weighted by Gasteiger charge is -2.19. The third kappa shape index (κ3) is 53.4. The van der Waals surface area contributed by atoms with E-state index in [1.54, 1.807) is 6.08 Å². The number of amides is 1. The fraction of sp³-hybridized carbons (Fsp3) is 0.885. The smallest absolute Gasteiger partial charge is 0.220 e. The molecular formula is C61H117NO3. The van der Waals surface area contributed by atoms with Gasteiger partial charge in [-0.2, -0.15) is 0 Å². The SMILES string of the molecule is CCCCCCCCCCCCCCCCCC/C=C/CC/C=C/CC/C=C/C(O)C(CO)NC(=O)CCCCCCCCCCCCCCCCCCCCCCCCCCCCC. The van der Waals surface area contributed by atoms with Crippen LogP contribution < -0.4 is 5.32 Å². The molecule has 1 amide bonds. The van der Waals surface area contributed by atoms with Gasteiger partial charge in [-0.15, -0.1) is 0 Å². The highest BCUT2D eigenvalue weighted by Gasteiger charge is 2.18. The van der Waals surface area contributed by atoms with Crippen LogP contribution in [0.4, 0.5) is 0 Å². The summed E-state index contributed by atoms with van der Waals surface area (Å²) < 4.78 is 0. The van der Waals surface area contributed by atoms with Crippen molar-refractivity contribution in [2.24, 2.45) is 0 Å². The Balaban J connectivity index is 3.51. The first-order valence-corrected chi connectivity index (χ1v) is 29.7. The second kappa shape index (κ2) is 56.9. The summed E-state index contributed by atoms with van der Waals surface area (Å²) in [5, 5.41) is 23.2. The number of hydrogen-bond acceptors (Lipinski definition) is 3. The summed E-state index contributed by atoms with van der Waals surface area (Å²) in [6.07, 6.45) is 77.6. The number of hydrogen-bond donors (Lipinski definition) is 3. The average Bonchev–Trinajstić information content (AvgIpc) is 3.31. The van der Waals surface area contributed by atoms with Crippen molar-refractivity contribution in [3.05, 3.63) is 36.5 Å². The first-order valence-electron chi connectivity index (χ1n) is 29.7. The average molecular weight is 913 g/mol. The van der Waals surface area contributed by atoms with Gasteiger partial charge in [-0.25, -0.2) is 0 Å². The van der Waals surface area contributed by atoms with Crippen molar-refractivity contribution < 1.29 is 15.0 Å². The van der Waals surface area contributed by atoms with Gasteiger partial charge in [-0.3, -0.25) is 4.79 Å². The van der Waals surface area contributed by atoms with Crippen LogP contribution in [-0.2, 0) is 4.79 Å². The second-order valence-electron chi connectivity index (χ2n) is 20.4. The normalized spacial score (nSPS) is 13.0. The lowest BCUT2D eigenvalue weighted by molar-refractivity contribution is -0.123. The molecular weight excluding hydrogens is 795 g/mol. The molecule has 0 fully saturated rings. The van der Waals surface area contributed by atoms with Crippen molar-refractivity contribution in [2.75, 3.05) is 6.61 Å². The van der Waals surface area contributed by atoms with Gasteiger partial charge in [-0.1, -0.05) is 314 Å². The van der Waals surface area contributed by atoms with Gasteiger partial charge in [0.2, 0.25) is 5.91 Å². The Kier molecular flexibility index (Phi) is 55.7. The van der Waals surface area contributed by atoms with Crippen LogP contribution in [0.5, 0.6) is 0 Å². The maximum atomic E-state index is 12.5. The van der Waals surface area contributed by atoms with Crippen molar-refractivity contribution >= 4 is 5.91 Å². The van der Waals surface area contributed by atoms with Crippen LogP contribution in [0.2, 0.25) is 0 Å². The standard InChI is InChI=1S/C61H117NO3/c1-3-5-7-9-11-13-15-17-19-21-23-25-27-29-31-33-35-37-39-41-43-45-47-49-51-53-55-57-61(65)62-59(58-63)60(64)56-54-52-50-48-46-44-42-40-38-36-34-32-30-28-26-24-22-20-18-16-14-12-10-8-6-4-2/h38,40,46,48,54,56,59-60,63-64H,3-37,39,41-45,47,49-53,55,57-58H2,1-2H3,(H,62,65)/b40-38+,48-46+,56-54+. The van der Waals surface area contributed by atoms with E-state index < -0.39 is 12.1 Å². The summed E-state index contributed by atoms with van der Waals surface area (Å²) in [6.45, 7) is 4.33. The number of unbranched alkanes of at least 4 members (excludes halogenated alkanes) is 44. The van der Waals surface area contributed by atoms with Gasteiger partial charge >= 0.3 is 0 Å². The Morgan fingerprint density at radius 1 is 0.354 bits per heavy atom. The maximum Gasteiger partial charge on any atom is 0.220 e. The van der Waals surface area contributed by atoms with Crippen molar-refractivity contribution in [2.45, 2.75) is 341 Å². The zero-order valence-electron chi connectivity index (χ0n) is 44.3. The quantitative estimate of drug-likeness (QED) is 0.0421. The van der Waals surface area contributed by atoms with Crippen LogP contribution in [0.25, 0.3) is 0 Å². The Morgan fingerprint density at radius 3 is 0.892 bits per heavy atom. The summed E-state index contributed by atoms with van der Waals surface area (Å²) in [6, 6.07) is -0.644. The Morgan fingerprint density at radius 2 is 0.600 bits per heavy atom. The van der Waals surface area contributed by atoms with Gasteiger partial charge in [0.15, 0.2) is 0 Å². The topological polar surface area (TPSA) is 69.6 Å². The van der Waals surface area contributed by atoms with Gasteiger partial charge in [0, 0.05) is 6.42 Å². The van der Waals surface area contributed by atoms with Crippen molar-refractivity contribution in [3.8, 4) is 0 Å². The third-order valence-electron chi connectivity index (χ3n) is 13.9. The van der Waals surface area contributed by atoms with E-state index in [9.17, 15) is 15.0 Å². The fourth-order valence-corrected chi connectivity index (χ4v) is 9.33. The van der Waals surface area contributed by atoms with Gasteiger partial charge in [0.1, 0.15) is 0 Å². The second-order valence-corrected chi connectivity index (χ2v) is 20.4. The zero-order valence-corrected chi connectivity index (χ0v) is 44.3. The Hall–Kier alpha value is -1.39. The van der Waals surface area contributed by atoms with E-state index in [4.69, 9.17) is 0 Å². The van der Waals surface area contributed by atoms with Crippen LogP contribution >= 0.6 is 0 Å². The highest BCUT2D eigenvalue weighted by atomic mass is 16.3. The zero-order chi connectivity index (χ0) is 47.0. The van der Waals surface area contributed by atoms with E-state index in [1.165, 1.54) is 270 Å². The highest BCUT2D eigenvalue weighted by Crippen LogP contribution is 2.18. The van der Waals surface area contributed by atoms with Gasteiger partial charge in [0.25, 0.3) is 0 Å². The van der Waals surface area contributed by atoms with Crippen LogP contribution in [0.1, 0.15) is 328 Å². The number of aliphatic hydroxyl groups excluding tert-OH is 2. The molecule has 2 atom stereocenters. The molecule has 0 aliphatic carbocycles. The molecule has 0 saturated carbocycles. The highest BCUT2D eigenvalue weighted by molar-refractivity contribution is 5.76. The molecule has 0 aromatic heterocycles. The molecule has 0 aromatic rings. The number of allylic oxidation sites excluding steroid dienone is 5. The van der Waals surface area contributed by atoms with Crippen molar-refractivity contribution in [1.29, 1.82) is 0 Å². The number of rotatable bonds is 55. The molecule has 65 heavy (non-hydrogen) atoms. The van der Waals surface area contributed by atoms with E-state index in [-0.39, 0.29) is 12.5 Å². The number of nitrogens with one attached hydrogen (secondary N) is 1. The van der Waals surface area contributed by atoms with Crippen LogP contribution in [-0.4, -0.2) is 34.9 Å². The molecule has 4 nitrogen and oxygen atoms in total. The molecule has 3 N–H and O–H groups in total. The van der Waals surface area contributed by atoms with E-state index in [2.05, 4.69) is 43.5 Å².